The zero-order valence-corrected chi connectivity index (χ0v) is 22.3. The van der Waals surface area contributed by atoms with Crippen LogP contribution in [-0.4, -0.2) is 49.2 Å². The monoisotopic (exact) mass is 562 g/mol. The Labute approximate surface area is 216 Å². The van der Waals surface area contributed by atoms with E-state index in [1.165, 1.54) is 31.2 Å². The van der Waals surface area contributed by atoms with Crippen molar-refractivity contribution in [2.45, 2.75) is 63.1 Å². The van der Waals surface area contributed by atoms with Gasteiger partial charge in [0.1, 0.15) is 5.82 Å². The topological polar surface area (TPSA) is 64.6 Å². The Morgan fingerprint density at radius 3 is 2.42 bits per heavy atom. The van der Waals surface area contributed by atoms with Crippen molar-refractivity contribution in [2.24, 2.45) is 4.99 Å². The number of guanidine groups is 1. The number of nitrogens with one attached hydrogen (secondary N) is 3. The summed E-state index contributed by atoms with van der Waals surface area (Å²) in [6.07, 6.45) is 9.03. The summed E-state index contributed by atoms with van der Waals surface area (Å²) in [5.41, 5.74) is 1.47. The molecular weight excluding hydrogens is 523 g/mol. The minimum Gasteiger partial charge on any atom is -0.356 e. The summed E-state index contributed by atoms with van der Waals surface area (Å²) in [4.78, 5) is 11.4. The first kappa shape index (κ1) is 25.7. The van der Waals surface area contributed by atoms with Crippen molar-refractivity contribution in [3.05, 3.63) is 60.3 Å². The third-order valence-electron chi connectivity index (χ3n) is 7.01. The first-order valence-electron chi connectivity index (χ1n) is 12.1. The van der Waals surface area contributed by atoms with E-state index in [9.17, 15) is 0 Å². The number of benzene rings is 1. The maximum atomic E-state index is 4.53. The fourth-order valence-corrected chi connectivity index (χ4v) is 5.14. The lowest BCUT2D eigenvalue weighted by Gasteiger charge is -2.36. The van der Waals surface area contributed by atoms with Crippen molar-refractivity contribution in [2.75, 3.05) is 31.6 Å². The van der Waals surface area contributed by atoms with E-state index in [1.807, 2.05) is 19.3 Å². The summed E-state index contributed by atoms with van der Waals surface area (Å²) >= 11 is 0. The summed E-state index contributed by atoms with van der Waals surface area (Å²) in [5, 5.41) is 11.3. The van der Waals surface area contributed by atoms with Crippen LogP contribution in [0.25, 0.3) is 0 Å². The van der Waals surface area contributed by atoms with Crippen LogP contribution < -0.4 is 20.9 Å². The smallest absolute Gasteiger partial charge is 0.191 e. The number of anilines is 1. The molecule has 1 unspecified atom stereocenters. The fraction of sp³-hybridized carbons (Fsp3) is 0.538. The standard InChI is InChI=1S/C26H38N6.HI/c1-21(22-10-4-3-5-11-22)31-26(15-7-8-16-26)20-29-25(27-2)30-23-13-18-32(19-14-23)24-12-6-9-17-28-24;/h3-6,9-12,17,21,23,31H,7-8,13-16,18-20H2,1-2H3,(H2,27,29,30);1H. The number of halogens is 1. The van der Waals surface area contributed by atoms with Crippen molar-refractivity contribution in [3.8, 4) is 0 Å². The highest BCUT2D eigenvalue weighted by Crippen LogP contribution is 2.32. The molecule has 1 aromatic heterocycles. The number of nitrogens with zero attached hydrogens (tertiary/aromatic N) is 3. The zero-order chi connectivity index (χ0) is 22.2. The van der Waals surface area contributed by atoms with E-state index in [4.69, 9.17) is 0 Å². The molecule has 0 amide bonds. The number of pyridine rings is 1. The Kier molecular flexibility index (Phi) is 9.79. The van der Waals surface area contributed by atoms with E-state index in [1.54, 1.807) is 0 Å². The van der Waals surface area contributed by atoms with Gasteiger partial charge >= 0.3 is 0 Å². The van der Waals surface area contributed by atoms with Gasteiger partial charge in [0.25, 0.3) is 0 Å². The summed E-state index contributed by atoms with van der Waals surface area (Å²) in [5.74, 6) is 2.00. The third-order valence-corrected chi connectivity index (χ3v) is 7.01. The maximum Gasteiger partial charge on any atom is 0.191 e. The Morgan fingerprint density at radius 1 is 1.09 bits per heavy atom. The van der Waals surface area contributed by atoms with E-state index in [2.05, 4.69) is 80.2 Å². The largest absolute Gasteiger partial charge is 0.356 e. The second kappa shape index (κ2) is 12.6. The highest BCUT2D eigenvalue weighted by molar-refractivity contribution is 14.0. The molecule has 3 N–H and O–H groups in total. The molecule has 1 aliphatic carbocycles. The van der Waals surface area contributed by atoms with Crippen molar-refractivity contribution in [1.29, 1.82) is 0 Å². The number of piperidine rings is 1. The molecule has 0 spiro atoms. The lowest BCUT2D eigenvalue weighted by atomic mass is 9.94. The third kappa shape index (κ3) is 7.06. The van der Waals surface area contributed by atoms with Crippen LogP contribution in [0.4, 0.5) is 5.82 Å². The molecule has 6 nitrogen and oxygen atoms in total. The molecule has 1 saturated heterocycles. The van der Waals surface area contributed by atoms with Gasteiger partial charge in [-0.3, -0.25) is 4.99 Å². The van der Waals surface area contributed by atoms with E-state index in [-0.39, 0.29) is 29.5 Å². The van der Waals surface area contributed by atoms with Crippen LogP contribution in [0.1, 0.15) is 57.1 Å². The van der Waals surface area contributed by atoms with Crippen LogP contribution in [0.2, 0.25) is 0 Å². The summed E-state index contributed by atoms with van der Waals surface area (Å²) in [6, 6.07) is 17.7. The summed E-state index contributed by atoms with van der Waals surface area (Å²) in [6.45, 7) is 5.21. The van der Waals surface area contributed by atoms with Gasteiger partial charge in [0, 0.05) is 50.5 Å². The average Bonchev–Trinajstić information content (AvgIpc) is 3.31. The first-order chi connectivity index (χ1) is 15.7. The van der Waals surface area contributed by atoms with Gasteiger partial charge in [0.2, 0.25) is 0 Å². The molecule has 0 bridgehead atoms. The van der Waals surface area contributed by atoms with Crippen LogP contribution >= 0.6 is 24.0 Å². The minimum atomic E-state index is 0. The van der Waals surface area contributed by atoms with Gasteiger partial charge in [-0.15, -0.1) is 24.0 Å². The molecule has 2 fully saturated rings. The maximum absolute atomic E-state index is 4.53. The van der Waals surface area contributed by atoms with Crippen molar-refractivity contribution < 1.29 is 0 Å². The molecule has 1 saturated carbocycles. The summed E-state index contributed by atoms with van der Waals surface area (Å²) < 4.78 is 0. The molecule has 1 aromatic carbocycles. The molecule has 4 rings (SSSR count). The molecule has 33 heavy (non-hydrogen) atoms. The van der Waals surface area contributed by atoms with Gasteiger partial charge in [-0.2, -0.15) is 0 Å². The molecular formula is C26H39IN6. The number of rotatable bonds is 7. The lowest BCUT2D eigenvalue weighted by Crippen LogP contribution is -2.56. The van der Waals surface area contributed by atoms with E-state index in [0.717, 1.165) is 44.3 Å². The Morgan fingerprint density at radius 2 is 1.79 bits per heavy atom. The number of aliphatic imine (C=N–C) groups is 1. The molecule has 1 aliphatic heterocycles. The van der Waals surface area contributed by atoms with Crippen LogP contribution in [0.5, 0.6) is 0 Å². The minimum absolute atomic E-state index is 0. The van der Waals surface area contributed by atoms with Crippen LogP contribution in [-0.2, 0) is 0 Å². The van der Waals surface area contributed by atoms with Gasteiger partial charge in [0.15, 0.2) is 5.96 Å². The predicted molar refractivity (Wildman–Crippen MR) is 149 cm³/mol. The molecule has 2 aliphatic rings. The number of hydrogen-bond donors (Lipinski definition) is 3. The number of aromatic nitrogens is 1. The van der Waals surface area contributed by atoms with Gasteiger partial charge in [0.05, 0.1) is 0 Å². The Hall–Kier alpha value is -1.87. The molecule has 1 atom stereocenters. The Balaban J connectivity index is 0.00000306. The normalized spacial score (nSPS) is 19.6. The molecule has 0 radical (unpaired) electrons. The summed E-state index contributed by atoms with van der Waals surface area (Å²) in [7, 11) is 1.87. The van der Waals surface area contributed by atoms with Crippen molar-refractivity contribution in [3.63, 3.8) is 0 Å². The zero-order valence-electron chi connectivity index (χ0n) is 20.0. The van der Waals surface area contributed by atoms with Gasteiger partial charge in [-0.1, -0.05) is 49.2 Å². The SMILES string of the molecule is CN=C(NCC1(NC(C)c2ccccc2)CCCC1)NC1CCN(c2ccccn2)CC1.I. The van der Waals surface area contributed by atoms with E-state index in [0.29, 0.717) is 12.1 Å². The predicted octanol–water partition coefficient (Wildman–Crippen LogP) is 4.50. The van der Waals surface area contributed by atoms with Crippen molar-refractivity contribution in [1.82, 2.24) is 20.9 Å². The van der Waals surface area contributed by atoms with Crippen LogP contribution in [0.3, 0.4) is 0 Å². The highest BCUT2D eigenvalue weighted by Gasteiger charge is 2.35. The number of hydrogen-bond acceptors (Lipinski definition) is 4. The fourth-order valence-electron chi connectivity index (χ4n) is 5.14. The molecule has 180 valence electrons. The molecule has 2 heterocycles. The van der Waals surface area contributed by atoms with Gasteiger partial charge < -0.3 is 20.9 Å². The van der Waals surface area contributed by atoms with Gasteiger partial charge in [-0.25, -0.2) is 4.98 Å². The van der Waals surface area contributed by atoms with E-state index < -0.39 is 0 Å². The first-order valence-corrected chi connectivity index (χ1v) is 12.1. The highest BCUT2D eigenvalue weighted by atomic mass is 127. The second-order valence-electron chi connectivity index (χ2n) is 9.28. The van der Waals surface area contributed by atoms with Gasteiger partial charge in [-0.05, 0) is 50.3 Å². The molecule has 7 heteroatoms. The average molecular weight is 563 g/mol. The Bertz CT molecular complexity index is 846. The molecule has 2 aromatic rings. The quantitative estimate of drug-likeness (QED) is 0.264. The van der Waals surface area contributed by atoms with Crippen LogP contribution in [0, 0.1) is 0 Å². The lowest BCUT2D eigenvalue weighted by molar-refractivity contribution is 0.296. The van der Waals surface area contributed by atoms with E-state index >= 15 is 0 Å². The second-order valence-corrected chi connectivity index (χ2v) is 9.28. The van der Waals surface area contributed by atoms with Crippen LogP contribution in [0.15, 0.2) is 59.7 Å². The van der Waals surface area contributed by atoms with Crippen molar-refractivity contribution >= 4 is 35.8 Å².